The summed E-state index contributed by atoms with van der Waals surface area (Å²) in [5, 5.41) is 5.92. The van der Waals surface area contributed by atoms with E-state index in [0.29, 0.717) is 5.56 Å². The van der Waals surface area contributed by atoms with E-state index >= 15 is 0 Å². The molecule has 2 aromatic carbocycles. The lowest BCUT2D eigenvalue weighted by Crippen LogP contribution is -2.34. The lowest BCUT2D eigenvalue weighted by atomic mass is 10.1. The highest BCUT2D eigenvalue weighted by molar-refractivity contribution is 14.1. The monoisotopic (exact) mass is 474 g/mol. The molecule has 0 saturated carbocycles. The Kier molecular flexibility index (Phi) is 5.72. The maximum absolute atomic E-state index is 12.1. The molecule has 0 heterocycles. The summed E-state index contributed by atoms with van der Waals surface area (Å²) < 4.78 is 1.99. The molecule has 0 fully saturated rings. The van der Waals surface area contributed by atoms with Crippen molar-refractivity contribution in [3.63, 3.8) is 0 Å². The van der Waals surface area contributed by atoms with Crippen molar-refractivity contribution >= 4 is 67.4 Å². The fourth-order valence-electron chi connectivity index (χ4n) is 1.64. The van der Waals surface area contributed by atoms with E-state index in [-0.39, 0.29) is 11.0 Å². The van der Waals surface area contributed by atoms with Gasteiger partial charge in [0, 0.05) is 19.3 Å². The van der Waals surface area contributed by atoms with Crippen LogP contribution in [0.1, 0.15) is 15.9 Å². The number of rotatable bonds is 2. The summed E-state index contributed by atoms with van der Waals surface area (Å²) in [5.41, 5.74) is 2.54. The van der Waals surface area contributed by atoms with Gasteiger partial charge in [-0.2, -0.15) is 0 Å². The van der Waals surface area contributed by atoms with Crippen LogP contribution in [-0.4, -0.2) is 11.0 Å². The third kappa shape index (κ3) is 4.76. The Balaban J connectivity index is 2.02. The molecule has 1 amide bonds. The Hall–Kier alpha value is -0.990. The lowest BCUT2D eigenvalue weighted by molar-refractivity contribution is 0.0977. The smallest absolute Gasteiger partial charge is 0.257 e. The molecule has 0 radical (unpaired) electrons. The van der Waals surface area contributed by atoms with Crippen molar-refractivity contribution in [1.82, 2.24) is 5.32 Å². The van der Waals surface area contributed by atoms with Crippen molar-refractivity contribution in [2.24, 2.45) is 0 Å². The van der Waals surface area contributed by atoms with Crippen LogP contribution in [0.5, 0.6) is 0 Å². The van der Waals surface area contributed by atoms with Crippen LogP contribution in [0.2, 0.25) is 0 Å². The third-order valence-electron chi connectivity index (χ3n) is 2.74. The number of thiocarbonyl (C=S) groups is 1. The highest BCUT2D eigenvalue weighted by atomic mass is 127. The van der Waals surface area contributed by atoms with Crippen molar-refractivity contribution in [2.45, 2.75) is 6.92 Å². The molecule has 2 rings (SSSR count). The zero-order valence-corrected chi connectivity index (χ0v) is 15.7. The number of anilines is 1. The molecular formula is C15H12BrIN2OS. The zero-order valence-electron chi connectivity index (χ0n) is 11.1. The molecule has 2 aromatic rings. The first-order valence-corrected chi connectivity index (χ1v) is 8.38. The van der Waals surface area contributed by atoms with E-state index in [2.05, 4.69) is 49.2 Å². The Bertz CT molecular complexity index is 706. The second kappa shape index (κ2) is 7.33. The largest absolute Gasteiger partial charge is 0.332 e. The maximum atomic E-state index is 12.1. The minimum Gasteiger partial charge on any atom is -0.332 e. The molecule has 2 N–H and O–H groups in total. The first-order valence-electron chi connectivity index (χ1n) is 6.10. The van der Waals surface area contributed by atoms with E-state index in [9.17, 15) is 4.79 Å². The topological polar surface area (TPSA) is 41.1 Å². The van der Waals surface area contributed by atoms with Crippen molar-refractivity contribution < 1.29 is 4.79 Å². The molecular weight excluding hydrogens is 463 g/mol. The Morgan fingerprint density at radius 2 is 2.00 bits per heavy atom. The number of amides is 1. The van der Waals surface area contributed by atoms with Gasteiger partial charge in [0.05, 0.1) is 0 Å². The van der Waals surface area contributed by atoms with Crippen molar-refractivity contribution in [3.05, 3.63) is 61.6 Å². The maximum Gasteiger partial charge on any atom is 0.257 e. The van der Waals surface area contributed by atoms with Gasteiger partial charge in [-0.25, -0.2) is 0 Å². The van der Waals surface area contributed by atoms with Gasteiger partial charge in [0.25, 0.3) is 5.91 Å². The average Bonchev–Trinajstić information content (AvgIpc) is 2.41. The minimum absolute atomic E-state index is 0.222. The van der Waals surface area contributed by atoms with Gasteiger partial charge >= 0.3 is 0 Å². The van der Waals surface area contributed by atoms with Crippen LogP contribution in [0.4, 0.5) is 5.69 Å². The van der Waals surface area contributed by atoms with Crippen LogP contribution < -0.4 is 10.6 Å². The summed E-state index contributed by atoms with van der Waals surface area (Å²) in [6.45, 7) is 2.00. The molecule has 0 aliphatic rings. The molecule has 0 unspecified atom stereocenters. The normalized spacial score (nSPS) is 10.0. The highest BCUT2D eigenvalue weighted by Crippen LogP contribution is 2.16. The fraction of sp³-hybridized carbons (Fsp3) is 0.0667. The quantitative estimate of drug-likeness (QED) is 0.497. The van der Waals surface area contributed by atoms with E-state index in [4.69, 9.17) is 12.2 Å². The Morgan fingerprint density at radius 3 is 2.67 bits per heavy atom. The van der Waals surface area contributed by atoms with E-state index in [0.717, 1.165) is 19.3 Å². The van der Waals surface area contributed by atoms with Gasteiger partial charge < -0.3 is 5.32 Å². The second-order valence-electron chi connectivity index (χ2n) is 4.38. The number of halogens is 2. The summed E-state index contributed by atoms with van der Waals surface area (Å²) in [6, 6.07) is 13.1. The van der Waals surface area contributed by atoms with Gasteiger partial charge in [0.15, 0.2) is 5.11 Å². The van der Waals surface area contributed by atoms with Gasteiger partial charge in [0.2, 0.25) is 0 Å². The molecule has 0 aliphatic heterocycles. The fourth-order valence-corrected chi connectivity index (χ4v) is 2.76. The average molecular weight is 475 g/mol. The van der Waals surface area contributed by atoms with E-state index in [1.165, 1.54) is 0 Å². The van der Waals surface area contributed by atoms with E-state index in [1.807, 2.05) is 43.3 Å². The summed E-state index contributed by atoms with van der Waals surface area (Å²) in [5.74, 6) is -0.222. The molecule has 6 heteroatoms. The van der Waals surface area contributed by atoms with E-state index < -0.39 is 0 Å². The van der Waals surface area contributed by atoms with Gasteiger partial charge in [0.1, 0.15) is 0 Å². The number of hydrogen-bond donors (Lipinski definition) is 2. The molecule has 0 aliphatic carbocycles. The van der Waals surface area contributed by atoms with Crippen LogP contribution in [0, 0.1) is 10.5 Å². The zero-order chi connectivity index (χ0) is 15.4. The highest BCUT2D eigenvalue weighted by Gasteiger charge is 2.09. The molecule has 0 spiro atoms. The lowest BCUT2D eigenvalue weighted by Gasteiger charge is -2.10. The number of carbonyl (C=O) groups is 1. The van der Waals surface area contributed by atoms with Gasteiger partial charge in [-0.15, -0.1) is 0 Å². The molecule has 3 nitrogen and oxygen atoms in total. The standard InChI is InChI=1S/C15H12BrIN2OS/c1-9-5-6-10(7-13(9)17)14(20)19-15(21)18-12-4-2-3-11(16)8-12/h2-8H,1H3,(H2,18,19,20,21). The molecule has 0 bridgehead atoms. The number of benzene rings is 2. The van der Waals surface area contributed by atoms with Gasteiger partial charge in [-0.3, -0.25) is 10.1 Å². The van der Waals surface area contributed by atoms with E-state index in [1.54, 1.807) is 6.07 Å². The van der Waals surface area contributed by atoms with Gasteiger partial charge in [-0.1, -0.05) is 28.1 Å². The van der Waals surface area contributed by atoms with Crippen LogP contribution >= 0.6 is 50.7 Å². The van der Waals surface area contributed by atoms with Crippen molar-refractivity contribution in [1.29, 1.82) is 0 Å². The summed E-state index contributed by atoms with van der Waals surface area (Å²) in [7, 11) is 0. The molecule has 108 valence electrons. The summed E-state index contributed by atoms with van der Waals surface area (Å²) in [4.78, 5) is 12.1. The predicted octanol–water partition coefficient (Wildman–Crippen LogP) is 4.49. The SMILES string of the molecule is Cc1ccc(C(=O)NC(=S)Nc2cccc(Br)c2)cc1I. The number of hydrogen-bond acceptors (Lipinski definition) is 2. The summed E-state index contributed by atoms with van der Waals surface area (Å²) >= 11 is 10.7. The minimum atomic E-state index is -0.222. The van der Waals surface area contributed by atoms with Crippen LogP contribution in [0.3, 0.4) is 0 Å². The molecule has 0 aromatic heterocycles. The third-order valence-corrected chi connectivity index (χ3v) is 4.60. The van der Waals surface area contributed by atoms with Crippen LogP contribution in [0.25, 0.3) is 0 Å². The van der Waals surface area contributed by atoms with Crippen LogP contribution in [0.15, 0.2) is 46.9 Å². The van der Waals surface area contributed by atoms with Crippen molar-refractivity contribution in [3.8, 4) is 0 Å². The second-order valence-corrected chi connectivity index (χ2v) is 6.87. The number of aryl methyl sites for hydroxylation is 1. The molecule has 0 saturated heterocycles. The number of carbonyl (C=O) groups excluding carboxylic acids is 1. The van der Waals surface area contributed by atoms with Crippen LogP contribution in [-0.2, 0) is 0 Å². The number of nitrogens with one attached hydrogen (secondary N) is 2. The first kappa shape index (κ1) is 16.4. The van der Waals surface area contributed by atoms with Crippen molar-refractivity contribution in [2.75, 3.05) is 5.32 Å². The molecule has 0 atom stereocenters. The Morgan fingerprint density at radius 1 is 1.24 bits per heavy atom. The molecule has 21 heavy (non-hydrogen) atoms. The Labute approximate surface area is 150 Å². The summed E-state index contributed by atoms with van der Waals surface area (Å²) in [6.07, 6.45) is 0. The van der Waals surface area contributed by atoms with Gasteiger partial charge in [-0.05, 0) is 77.6 Å². The predicted molar refractivity (Wildman–Crippen MR) is 102 cm³/mol. The first-order chi connectivity index (χ1) is 9.95.